The second-order valence-electron chi connectivity index (χ2n) is 4.37. The van der Waals surface area contributed by atoms with Gasteiger partial charge in [-0.1, -0.05) is 23.2 Å². The predicted octanol–water partition coefficient (Wildman–Crippen LogP) is 3.16. The number of halogens is 2. The smallest absolute Gasteiger partial charge is 0.0847 e. The van der Waals surface area contributed by atoms with E-state index in [0.717, 1.165) is 23.5 Å². The Balaban J connectivity index is 2.29. The van der Waals surface area contributed by atoms with Crippen LogP contribution in [0, 0.1) is 6.92 Å². The number of aromatic nitrogens is 3. The third kappa shape index (κ3) is 2.91. The maximum atomic E-state index is 6.28. The highest BCUT2D eigenvalue weighted by Gasteiger charge is 2.18. The van der Waals surface area contributed by atoms with E-state index in [1.54, 1.807) is 12.4 Å². The molecule has 2 N–H and O–H groups in total. The molecule has 0 bridgehead atoms. The number of aryl methyl sites for hydroxylation is 2. The van der Waals surface area contributed by atoms with Gasteiger partial charge in [0.05, 0.1) is 21.4 Å². The lowest BCUT2D eigenvalue weighted by molar-refractivity contribution is 0.587. The van der Waals surface area contributed by atoms with E-state index in [9.17, 15) is 0 Å². The van der Waals surface area contributed by atoms with Crippen molar-refractivity contribution in [1.82, 2.24) is 14.8 Å². The van der Waals surface area contributed by atoms with Crippen LogP contribution in [0.5, 0.6) is 0 Å². The van der Waals surface area contributed by atoms with Gasteiger partial charge in [0.15, 0.2) is 0 Å². The normalized spacial score (nSPS) is 12.7. The summed E-state index contributed by atoms with van der Waals surface area (Å²) >= 11 is 12.4. The van der Waals surface area contributed by atoms with Gasteiger partial charge in [0.2, 0.25) is 0 Å². The molecular weight excluding hydrogens is 283 g/mol. The Morgan fingerprint density at radius 1 is 1.42 bits per heavy atom. The van der Waals surface area contributed by atoms with Crippen molar-refractivity contribution in [2.24, 2.45) is 5.73 Å². The van der Waals surface area contributed by atoms with Crippen LogP contribution in [0.15, 0.2) is 18.5 Å². The van der Waals surface area contributed by atoms with Gasteiger partial charge in [0.25, 0.3) is 0 Å². The highest BCUT2D eigenvalue weighted by Crippen LogP contribution is 2.27. The molecule has 2 heterocycles. The number of nitrogens with two attached hydrogens (primary N) is 1. The molecule has 0 aromatic carbocycles. The minimum Gasteiger partial charge on any atom is -0.324 e. The van der Waals surface area contributed by atoms with Crippen LogP contribution < -0.4 is 5.73 Å². The van der Waals surface area contributed by atoms with Crippen molar-refractivity contribution < 1.29 is 0 Å². The van der Waals surface area contributed by atoms with E-state index in [1.807, 2.05) is 24.6 Å². The number of rotatable bonds is 4. The van der Waals surface area contributed by atoms with Gasteiger partial charge in [0, 0.05) is 31.4 Å². The summed E-state index contributed by atoms with van der Waals surface area (Å²) in [7, 11) is 0. The average Bonchev–Trinajstić information content (AvgIpc) is 2.67. The standard InChI is InChI=1S/C13H16Cl2N4/c1-3-19-12(13(15)8(2)18-19)6-11(16)9-4-5-17-7-10(9)14/h4-5,7,11H,3,6,16H2,1-2H3. The molecule has 0 amide bonds. The van der Waals surface area contributed by atoms with Gasteiger partial charge in [-0.2, -0.15) is 5.10 Å². The molecule has 0 aliphatic rings. The maximum absolute atomic E-state index is 6.28. The van der Waals surface area contributed by atoms with E-state index >= 15 is 0 Å². The molecule has 0 aliphatic heterocycles. The first-order chi connectivity index (χ1) is 9.04. The molecule has 19 heavy (non-hydrogen) atoms. The van der Waals surface area contributed by atoms with Crippen LogP contribution in [0.2, 0.25) is 10.0 Å². The van der Waals surface area contributed by atoms with Gasteiger partial charge in [-0.3, -0.25) is 9.67 Å². The molecule has 2 aromatic heterocycles. The first kappa shape index (κ1) is 14.3. The summed E-state index contributed by atoms with van der Waals surface area (Å²) in [6.07, 6.45) is 3.88. The van der Waals surface area contributed by atoms with Crippen molar-refractivity contribution >= 4 is 23.2 Å². The van der Waals surface area contributed by atoms with Gasteiger partial charge in [0.1, 0.15) is 0 Å². The summed E-state index contributed by atoms with van der Waals surface area (Å²) in [5, 5.41) is 5.64. The fourth-order valence-corrected chi connectivity index (χ4v) is 2.54. The summed E-state index contributed by atoms with van der Waals surface area (Å²) in [6, 6.07) is 1.61. The molecule has 1 atom stereocenters. The SMILES string of the molecule is CCn1nc(C)c(Cl)c1CC(N)c1ccncc1Cl. The van der Waals surface area contributed by atoms with Crippen molar-refractivity contribution in [3.63, 3.8) is 0 Å². The lowest BCUT2D eigenvalue weighted by Crippen LogP contribution is -2.17. The Morgan fingerprint density at radius 2 is 2.16 bits per heavy atom. The predicted molar refractivity (Wildman–Crippen MR) is 77.5 cm³/mol. The molecule has 0 spiro atoms. The molecule has 6 heteroatoms. The summed E-state index contributed by atoms with van der Waals surface area (Å²) in [5.74, 6) is 0. The Kier molecular flexibility index (Phi) is 4.45. The second-order valence-corrected chi connectivity index (χ2v) is 5.15. The Bertz CT molecular complexity index is 580. The van der Waals surface area contributed by atoms with Gasteiger partial charge in [-0.25, -0.2) is 0 Å². The van der Waals surface area contributed by atoms with E-state index in [4.69, 9.17) is 28.9 Å². The van der Waals surface area contributed by atoms with Crippen LogP contribution in [0.25, 0.3) is 0 Å². The zero-order chi connectivity index (χ0) is 14.0. The average molecular weight is 299 g/mol. The minimum absolute atomic E-state index is 0.227. The molecule has 2 rings (SSSR count). The number of hydrogen-bond acceptors (Lipinski definition) is 3. The first-order valence-corrected chi connectivity index (χ1v) is 6.87. The second kappa shape index (κ2) is 5.90. The number of hydrogen-bond donors (Lipinski definition) is 1. The molecule has 4 nitrogen and oxygen atoms in total. The molecule has 0 fully saturated rings. The molecule has 0 saturated heterocycles. The third-order valence-corrected chi connectivity index (χ3v) is 3.88. The van der Waals surface area contributed by atoms with Gasteiger partial charge >= 0.3 is 0 Å². The zero-order valence-corrected chi connectivity index (χ0v) is 12.4. The molecule has 2 aromatic rings. The van der Waals surface area contributed by atoms with E-state index < -0.39 is 0 Å². The number of pyridine rings is 1. The summed E-state index contributed by atoms with van der Waals surface area (Å²) in [6.45, 7) is 4.68. The summed E-state index contributed by atoms with van der Waals surface area (Å²) in [4.78, 5) is 3.96. The van der Waals surface area contributed by atoms with Crippen molar-refractivity contribution in [2.45, 2.75) is 32.9 Å². The van der Waals surface area contributed by atoms with Crippen LogP contribution in [0.1, 0.15) is 29.9 Å². The van der Waals surface area contributed by atoms with Gasteiger partial charge < -0.3 is 5.73 Å². The van der Waals surface area contributed by atoms with Crippen molar-refractivity contribution in [3.8, 4) is 0 Å². The lowest BCUT2D eigenvalue weighted by atomic mass is 10.0. The van der Waals surface area contributed by atoms with Crippen molar-refractivity contribution in [3.05, 3.63) is 45.5 Å². The number of nitrogens with zero attached hydrogens (tertiary/aromatic N) is 3. The van der Waals surface area contributed by atoms with Crippen molar-refractivity contribution in [1.29, 1.82) is 0 Å². The van der Waals surface area contributed by atoms with E-state index in [1.165, 1.54) is 0 Å². The molecule has 102 valence electrons. The van der Waals surface area contributed by atoms with Gasteiger partial charge in [-0.15, -0.1) is 0 Å². The van der Waals surface area contributed by atoms with Gasteiger partial charge in [-0.05, 0) is 25.5 Å². The fraction of sp³-hybridized carbons (Fsp3) is 0.385. The van der Waals surface area contributed by atoms with E-state index in [2.05, 4.69) is 10.1 Å². The van der Waals surface area contributed by atoms with Crippen LogP contribution in [0.3, 0.4) is 0 Å². The molecule has 0 radical (unpaired) electrons. The summed E-state index contributed by atoms with van der Waals surface area (Å²) < 4.78 is 1.88. The third-order valence-electron chi connectivity index (χ3n) is 3.07. The monoisotopic (exact) mass is 298 g/mol. The first-order valence-electron chi connectivity index (χ1n) is 6.11. The fourth-order valence-electron chi connectivity index (χ4n) is 2.07. The maximum Gasteiger partial charge on any atom is 0.0847 e. The van der Waals surface area contributed by atoms with Crippen LogP contribution in [-0.4, -0.2) is 14.8 Å². The molecule has 0 aliphatic carbocycles. The largest absolute Gasteiger partial charge is 0.324 e. The quantitative estimate of drug-likeness (QED) is 0.943. The molecular formula is C13H16Cl2N4. The lowest BCUT2D eigenvalue weighted by Gasteiger charge is -2.14. The minimum atomic E-state index is -0.227. The van der Waals surface area contributed by atoms with E-state index in [-0.39, 0.29) is 6.04 Å². The summed E-state index contributed by atoms with van der Waals surface area (Å²) in [5.41, 5.74) is 8.86. The Labute approximate surface area is 122 Å². The van der Waals surface area contributed by atoms with Crippen molar-refractivity contribution in [2.75, 3.05) is 0 Å². The van der Waals surface area contributed by atoms with E-state index in [0.29, 0.717) is 16.5 Å². The highest BCUT2D eigenvalue weighted by atomic mass is 35.5. The topological polar surface area (TPSA) is 56.7 Å². The molecule has 0 saturated carbocycles. The van der Waals surface area contributed by atoms with Crippen LogP contribution in [-0.2, 0) is 13.0 Å². The highest BCUT2D eigenvalue weighted by molar-refractivity contribution is 6.32. The van der Waals surface area contributed by atoms with Crippen LogP contribution >= 0.6 is 23.2 Å². The van der Waals surface area contributed by atoms with Crippen LogP contribution in [0.4, 0.5) is 0 Å². The Hall–Kier alpha value is -1.10. The zero-order valence-electron chi connectivity index (χ0n) is 10.9. The molecule has 1 unspecified atom stereocenters. The Morgan fingerprint density at radius 3 is 2.79 bits per heavy atom.